The van der Waals surface area contributed by atoms with E-state index in [1.165, 1.54) is 5.39 Å². The van der Waals surface area contributed by atoms with Crippen LogP contribution in [0.25, 0.3) is 10.9 Å². The number of aromatic nitrogens is 1. The smallest absolute Gasteiger partial charge is 0.0705 e. The van der Waals surface area contributed by atoms with E-state index in [4.69, 9.17) is 4.98 Å². The van der Waals surface area contributed by atoms with Crippen molar-refractivity contribution in [2.75, 3.05) is 26.2 Å². The van der Waals surface area contributed by atoms with Gasteiger partial charge in [-0.25, -0.2) is 0 Å². The molecule has 1 aromatic carbocycles. The van der Waals surface area contributed by atoms with E-state index in [2.05, 4.69) is 54.4 Å². The van der Waals surface area contributed by atoms with E-state index in [1.54, 1.807) is 0 Å². The van der Waals surface area contributed by atoms with Crippen molar-refractivity contribution < 1.29 is 0 Å². The number of benzene rings is 1. The lowest BCUT2D eigenvalue weighted by atomic mass is 10.2. The average Bonchev–Trinajstić information content (AvgIpc) is 2.46. The minimum absolute atomic E-state index is 0.923. The largest absolute Gasteiger partial charge is 0.316 e. The van der Waals surface area contributed by atoms with Gasteiger partial charge in [0.2, 0.25) is 0 Å². The zero-order chi connectivity index (χ0) is 13.5. The van der Waals surface area contributed by atoms with E-state index in [0.29, 0.717) is 0 Å². The first-order valence-corrected chi connectivity index (χ1v) is 7.11. The van der Waals surface area contributed by atoms with Gasteiger partial charge in [-0.2, -0.15) is 0 Å². The van der Waals surface area contributed by atoms with Crippen LogP contribution in [0.3, 0.4) is 0 Å². The van der Waals surface area contributed by atoms with Gasteiger partial charge in [0.25, 0.3) is 0 Å². The molecule has 0 radical (unpaired) electrons. The Labute approximate surface area is 115 Å². The number of para-hydroxylation sites is 1. The first kappa shape index (κ1) is 14.0. The monoisotopic (exact) mass is 257 g/mol. The Bertz CT molecular complexity index is 510. The Balaban J connectivity index is 2.02. The van der Waals surface area contributed by atoms with Crippen LogP contribution < -0.4 is 5.32 Å². The number of pyridine rings is 1. The lowest BCUT2D eigenvalue weighted by Gasteiger charge is -2.20. The molecule has 0 aliphatic rings. The van der Waals surface area contributed by atoms with E-state index < -0.39 is 0 Å². The third-order valence-corrected chi connectivity index (χ3v) is 3.34. The summed E-state index contributed by atoms with van der Waals surface area (Å²) in [6.45, 7) is 9.46. The number of hydrogen-bond acceptors (Lipinski definition) is 3. The molecule has 3 nitrogen and oxygen atoms in total. The Kier molecular flexibility index (Phi) is 5.31. The quantitative estimate of drug-likeness (QED) is 0.773. The topological polar surface area (TPSA) is 28.2 Å². The van der Waals surface area contributed by atoms with Crippen molar-refractivity contribution in [3.63, 3.8) is 0 Å². The molecular formula is C16H23N3. The number of rotatable bonds is 7. The van der Waals surface area contributed by atoms with Crippen molar-refractivity contribution in [3.05, 3.63) is 42.1 Å². The van der Waals surface area contributed by atoms with Gasteiger partial charge in [0.1, 0.15) is 0 Å². The van der Waals surface area contributed by atoms with Crippen LogP contribution >= 0.6 is 0 Å². The highest BCUT2D eigenvalue weighted by molar-refractivity contribution is 5.78. The van der Waals surface area contributed by atoms with Crippen LogP contribution in [0, 0.1) is 0 Å². The van der Waals surface area contributed by atoms with Crippen LogP contribution in [-0.2, 0) is 6.54 Å². The summed E-state index contributed by atoms with van der Waals surface area (Å²) in [6.07, 6.45) is 0. The highest BCUT2D eigenvalue weighted by Crippen LogP contribution is 2.12. The van der Waals surface area contributed by atoms with E-state index in [9.17, 15) is 0 Å². The third kappa shape index (κ3) is 4.01. The fraction of sp³-hybridized carbons (Fsp3) is 0.438. The minimum atomic E-state index is 0.923. The molecule has 2 rings (SSSR count). The van der Waals surface area contributed by atoms with E-state index in [1.807, 2.05) is 6.07 Å². The van der Waals surface area contributed by atoms with Gasteiger partial charge in [-0.15, -0.1) is 0 Å². The molecule has 0 fully saturated rings. The summed E-state index contributed by atoms with van der Waals surface area (Å²) in [5.41, 5.74) is 2.24. The summed E-state index contributed by atoms with van der Waals surface area (Å²) in [5, 5.41) is 4.58. The Morgan fingerprint density at radius 2 is 1.95 bits per heavy atom. The van der Waals surface area contributed by atoms with E-state index in [-0.39, 0.29) is 0 Å². The molecule has 1 aromatic heterocycles. The van der Waals surface area contributed by atoms with Gasteiger partial charge >= 0.3 is 0 Å². The highest BCUT2D eigenvalue weighted by atomic mass is 15.1. The zero-order valence-corrected chi connectivity index (χ0v) is 11.9. The molecule has 0 aliphatic carbocycles. The van der Waals surface area contributed by atoms with Crippen LogP contribution in [0.5, 0.6) is 0 Å². The van der Waals surface area contributed by atoms with Gasteiger partial charge in [-0.05, 0) is 25.2 Å². The lowest BCUT2D eigenvalue weighted by molar-refractivity contribution is 0.277. The number of nitrogens with one attached hydrogen (secondary N) is 1. The number of nitrogens with zero attached hydrogens (tertiary/aromatic N) is 2. The maximum atomic E-state index is 4.73. The maximum Gasteiger partial charge on any atom is 0.0705 e. The first-order chi connectivity index (χ1) is 9.33. The van der Waals surface area contributed by atoms with Crippen molar-refractivity contribution in [2.24, 2.45) is 0 Å². The molecule has 2 aromatic rings. The molecule has 0 unspecified atom stereocenters. The summed E-state index contributed by atoms with van der Waals surface area (Å²) >= 11 is 0. The van der Waals surface area contributed by atoms with Gasteiger partial charge in [-0.1, -0.05) is 38.1 Å². The van der Waals surface area contributed by atoms with Crippen LogP contribution in [-0.4, -0.2) is 36.1 Å². The van der Waals surface area contributed by atoms with Crippen molar-refractivity contribution >= 4 is 10.9 Å². The molecule has 19 heavy (non-hydrogen) atoms. The molecule has 0 amide bonds. The summed E-state index contributed by atoms with van der Waals surface area (Å²) in [7, 11) is 0. The lowest BCUT2D eigenvalue weighted by Crippen LogP contribution is -2.31. The highest BCUT2D eigenvalue weighted by Gasteiger charge is 2.05. The molecular weight excluding hydrogens is 234 g/mol. The standard InChI is InChI=1S/C16H23N3/c1-3-17-11-12-19(4-2)13-15-10-9-14-7-5-6-8-16(14)18-15/h5-10,17H,3-4,11-13H2,1-2H3. The van der Waals surface area contributed by atoms with Crippen LogP contribution in [0.1, 0.15) is 19.5 Å². The van der Waals surface area contributed by atoms with Crippen LogP contribution in [0.15, 0.2) is 36.4 Å². The fourth-order valence-electron chi connectivity index (χ4n) is 2.19. The Morgan fingerprint density at radius 3 is 2.74 bits per heavy atom. The van der Waals surface area contributed by atoms with Gasteiger partial charge in [0, 0.05) is 25.0 Å². The summed E-state index contributed by atoms with van der Waals surface area (Å²) in [5.74, 6) is 0. The number of likely N-dealkylation sites (N-methyl/N-ethyl adjacent to an activating group) is 2. The molecule has 0 spiro atoms. The Hall–Kier alpha value is -1.45. The normalized spacial score (nSPS) is 11.3. The van der Waals surface area contributed by atoms with Gasteiger partial charge in [-0.3, -0.25) is 9.88 Å². The van der Waals surface area contributed by atoms with Crippen molar-refractivity contribution in [3.8, 4) is 0 Å². The Morgan fingerprint density at radius 1 is 1.11 bits per heavy atom. The molecule has 102 valence electrons. The number of hydrogen-bond donors (Lipinski definition) is 1. The second-order valence-electron chi connectivity index (χ2n) is 4.72. The van der Waals surface area contributed by atoms with Crippen molar-refractivity contribution in [2.45, 2.75) is 20.4 Å². The van der Waals surface area contributed by atoms with Crippen molar-refractivity contribution in [1.29, 1.82) is 0 Å². The van der Waals surface area contributed by atoms with Crippen LogP contribution in [0.4, 0.5) is 0 Å². The molecule has 0 saturated carbocycles. The molecule has 0 aliphatic heterocycles. The molecule has 1 N–H and O–H groups in total. The van der Waals surface area contributed by atoms with E-state index >= 15 is 0 Å². The zero-order valence-electron chi connectivity index (χ0n) is 11.9. The van der Waals surface area contributed by atoms with Crippen molar-refractivity contribution in [1.82, 2.24) is 15.2 Å². The molecule has 0 atom stereocenters. The summed E-state index contributed by atoms with van der Waals surface area (Å²) < 4.78 is 0. The minimum Gasteiger partial charge on any atom is -0.316 e. The third-order valence-electron chi connectivity index (χ3n) is 3.34. The second kappa shape index (κ2) is 7.22. The summed E-state index contributed by atoms with van der Waals surface area (Å²) in [4.78, 5) is 7.15. The molecule has 1 heterocycles. The summed E-state index contributed by atoms with van der Waals surface area (Å²) in [6, 6.07) is 12.6. The predicted molar refractivity (Wildman–Crippen MR) is 81.2 cm³/mol. The molecule has 3 heteroatoms. The number of fused-ring (bicyclic) bond motifs is 1. The average molecular weight is 257 g/mol. The predicted octanol–water partition coefficient (Wildman–Crippen LogP) is 2.67. The van der Waals surface area contributed by atoms with Gasteiger partial charge in [0.05, 0.1) is 11.2 Å². The fourth-order valence-corrected chi connectivity index (χ4v) is 2.19. The van der Waals surface area contributed by atoms with Gasteiger partial charge < -0.3 is 5.32 Å². The first-order valence-electron chi connectivity index (χ1n) is 7.11. The molecule has 0 bridgehead atoms. The van der Waals surface area contributed by atoms with E-state index in [0.717, 1.165) is 43.9 Å². The maximum absolute atomic E-state index is 4.73. The van der Waals surface area contributed by atoms with Crippen LogP contribution in [0.2, 0.25) is 0 Å². The van der Waals surface area contributed by atoms with Gasteiger partial charge in [0.15, 0.2) is 0 Å². The molecule has 0 saturated heterocycles. The second-order valence-corrected chi connectivity index (χ2v) is 4.72. The SMILES string of the molecule is CCNCCN(CC)Cc1ccc2ccccc2n1.